The maximum absolute atomic E-state index is 11.1. The second-order valence-electron chi connectivity index (χ2n) is 9.14. The van der Waals surface area contributed by atoms with Gasteiger partial charge in [-0.2, -0.15) is 13.5 Å². The van der Waals surface area contributed by atoms with E-state index < -0.39 is 10.3 Å². The zero-order chi connectivity index (χ0) is 23.9. The molecule has 35 heavy (non-hydrogen) atoms. The van der Waals surface area contributed by atoms with Crippen LogP contribution in [0.5, 0.6) is 0 Å². The molecule has 2 aliphatic heterocycles. The lowest BCUT2D eigenvalue weighted by Gasteiger charge is -2.30. The van der Waals surface area contributed by atoms with Crippen molar-refractivity contribution in [3.8, 4) is 11.3 Å². The molecule has 2 aliphatic rings. The number of ether oxygens (including phenoxy) is 1. The van der Waals surface area contributed by atoms with Gasteiger partial charge in [0.2, 0.25) is 10.3 Å². The van der Waals surface area contributed by atoms with Crippen molar-refractivity contribution in [2.45, 2.75) is 25.7 Å². The lowest BCUT2D eigenvalue weighted by Crippen LogP contribution is -2.37. The number of benzene rings is 1. The molecule has 10 nitrogen and oxygen atoms in total. The molecule has 4 aromatic rings. The van der Waals surface area contributed by atoms with E-state index in [0.29, 0.717) is 26.3 Å². The van der Waals surface area contributed by atoms with E-state index in [1.54, 1.807) is 0 Å². The van der Waals surface area contributed by atoms with Crippen molar-refractivity contribution in [3.05, 3.63) is 42.0 Å². The molecule has 11 heteroatoms. The van der Waals surface area contributed by atoms with Gasteiger partial charge in [-0.15, -0.1) is 0 Å². The number of aryl methyl sites for hydroxylation is 1. The molecule has 1 N–H and O–H groups in total. The fourth-order valence-corrected chi connectivity index (χ4v) is 5.82. The SMILES string of the molecule is Cc1nc2c(N3CCOCC3)nc(-c3cccc4[nH]ncc34)cn2c1C1CCN(C=S(=O)=O)CC1. The molecule has 5 heterocycles. The summed E-state index contributed by atoms with van der Waals surface area (Å²) in [6.45, 7) is 6.33. The van der Waals surface area contributed by atoms with Crippen LogP contribution in [0.25, 0.3) is 27.8 Å². The molecule has 0 spiro atoms. The summed E-state index contributed by atoms with van der Waals surface area (Å²) in [6, 6.07) is 6.11. The van der Waals surface area contributed by atoms with E-state index in [1.165, 1.54) is 11.2 Å². The van der Waals surface area contributed by atoms with Crippen LogP contribution in [-0.4, -0.2) is 82.8 Å². The largest absolute Gasteiger partial charge is 0.378 e. The van der Waals surface area contributed by atoms with Crippen molar-refractivity contribution in [2.75, 3.05) is 44.3 Å². The van der Waals surface area contributed by atoms with Crippen molar-refractivity contribution >= 4 is 38.2 Å². The third-order valence-electron chi connectivity index (χ3n) is 7.03. The Balaban J connectivity index is 1.50. The summed E-state index contributed by atoms with van der Waals surface area (Å²) in [5, 5.41) is 8.32. The summed E-state index contributed by atoms with van der Waals surface area (Å²) in [4.78, 5) is 14.3. The lowest BCUT2D eigenvalue weighted by atomic mass is 9.92. The number of fused-ring (bicyclic) bond motifs is 2. The van der Waals surface area contributed by atoms with Gasteiger partial charge in [-0.1, -0.05) is 12.1 Å². The zero-order valence-electron chi connectivity index (χ0n) is 19.5. The van der Waals surface area contributed by atoms with Crippen LogP contribution in [0.2, 0.25) is 0 Å². The van der Waals surface area contributed by atoms with E-state index in [0.717, 1.165) is 65.3 Å². The highest BCUT2D eigenvalue weighted by Crippen LogP contribution is 2.35. The number of imidazole rings is 1. The number of hydrogen-bond donors (Lipinski definition) is 1. The number of piperidine rings is 1. The standard InChI is InChI=1S/C24H27N7O3S/c1-16-22(17-5-7-29(8-6-17)15-35(32)33)31-14-21(18-3-2-4-20-19(18)13-25-28-20)27-23(24(31)26-16)30-9-11-34-12-10-30/h2-4,13-15,17H,5-12H2,1H3,(H,25,28). The van der Waals surface area contributed by atoms with Crippen LogP contribution in [0, 0.1) is 6.92 Å². The van der Waals surface area contributed by atoms with Gasteiger partial charge in [0.05, 0.1) is 36.3 Å². The van der Waals surface area contributed by atoms with Crippen LogP contribution in [-0.2, 0) is 15.0 Å². The fourth-order valence-electron chi connectivity index (χ4n) is 5.36. The number of aromatic amines is 1. The van der Waals surface area contributed by atoms with Crippen molar-refractivity contribution in [1.29, 1.82) is 0 Å². The van der Waals surface area contributed by atoms with Gasteiger partial charge in [-0.05, 0) is 25.8 Å². The highest BCUT2D eigenvalue weighted by molar-refractivity contribution is 7.71. The van der Waals surface area contributed by atoms with Gasteiger partial charge < -0.3 is 9.64 Å². The van der Waals surface area contributed by atoms with Gasteiger partial charge in [-0.25, -0.2) is 9.97 Å². The summed E-state index contributed by atoms with van der Waals surface area (Å²) < 4.78 is 30.0. The van der Waals surface area contributed by atoms with Crippen LogP contribution in [0.3, 0.4) is 0 Å². The Morgan fingerprint density at radius 2 is 1.91 bits per heavy atom. The molecule has 3 aromatic heterocycles. The molecule has 1 aromatic carbocycles. The summed E-state index contributed by atoms with van der Waals surface area (Å²) in [5.41, 5.74) is 7.19. The molecule has 0 aliphatic carbocycles. The minimum Gasteiger partial charge on any atom is -0.378 e. The molecule has 2 fully saturated rings. The second-order valence-corrected chi connectivity index (χ2v) is 9.87. The van der Waals surface area contributed by atoms with Gasteiger partial charge in [0.15, 0.2) is 11.5 Å². The van der Waals surface area contributed by atoms with Gasteiger partial charge >= 0.3 is 0 Å². The Hall–Kier alpha value is -3.28. The molecule has 0 radical (unpaired) electrons. The van der Waals surface area contributed by atoms with Gasteiger partial charge in [0.1, 0.15) is 5.49 Å². The summed E-state index contributed by atoms with van der Waals surface area (Å²) in [6.07, 6.45) is 5.67. The van der Waals surface area contributed by atoms with Gasteiger partial charge in [0.25, 0.3) is 0 Å². The van der Waals surface area contributed by atoms with Gasteiger partial charge in [0, 0.05) is 54.9 Å². The van der Waals surface area contributed by atoms with E-state index in [9.17, 15) is 8.42 Å². The fraction of sp³-hybridized carbons (Fsp3) is 0.417. The highest BCUT2D eigenvalue weighted by Gasteiger charge is 2.28. The minimum absolute atomic E-state index is 0.284. The smallest absolute Gasteiger partial charge is 0.225 e. The number of likely N-dealkylation sites (tertiary alicyclic amines) is 1. The molecular weight excluding hydrogens is 466 g/mol. The van der Waals surface area contributed by atoms with Crippen LogP contribution >= 0.6 is 0 Å². The minimum atomic E-state index is -2.17. The Morgan fingerprint density at radius 3 is 2.69 bits per heavy atom. The molecule has 0 atom stereocenters. The van der Waals surface area contributed by atoms with E-state index in [1.807, 2.05) is 23.2 Å². The number of nitrogens with zero attached hydrogens (tertiary/aromatic N) is 6. The average Bonchev–Trinajstić information content (AvgIpc) is 3.48. The first-order valence-corrected chi connectivity index (χ1v) is 13.0. The molecule has 0 saturated carbocycles. The first kappa shape index (κ1) is 22.2. The normalized spacial score (nSPS) is 17.9. The predicted octanol–water partition coefficient (Wildman–Crippen LogP) is 2.24. The van der Waals surface area contributed by atoms with Crippen molar-refractivity contribution in [1.82, 2.24) is 29.5 Å². The van der Waals surface area contributed by atoms with Crippen LogP contribution in [0.1, 0.15) is 30.1 Å². The summed E-state index contributed by atoms with van der Waals surface area (Å²) in [5.74, 6) is 1.15. The number of H-pyrrole nitrogens is 1. The second kappa shape index (κ2) is 9.06. The third-order valence-corrected chi connectivity index (χ3v) is 7.50. The Kier molecular flexibility index (Phi) is 5.75. The summed E-state index contributed by atoms with van der Waals surface area (Å²) in [7, 11) is -2.17. The Labute approximate surface area is 204 Å². The first-order valence-electron chi connectivity index (χ1n) is 11.9. The molecular formula is C24H27N7O3S. The van der Waals surface area contributed by atoms with Crippen LogP contribution in [0.15, 0.2) is 30.6 Å². The van der Waals surface area contributed by atoms with E-state index in [-0.39, 0.29) is 5.92 Å². The van der Waals surface area contributed by atoms with Crippen molar-refractivity contribution in [3.63, 3.8) is 0 Å². The molecule has 0 amide bonds. The zero-order valence-corrected chi connectivity index (χ0v) is 20.3. The lowest BCUT2D eigenvalue weighted by molar-refractivity contribution is 0.122. The molecule has 6 rings (SSSR count). The van der Waals surface area contributed by atoms with Crippen LogP contribution < -0.4 is 4.90 Å². The number of morpholine rings is 1. The number of hydrogen-bond acceptors (Lipinski definition) is 7. The van der Waals surface area contributed by atoms with E-state index in [2.05, 4.69) is 38.7 Å². The quantitative estimate of drug-likeness (QED) is 0.431. The number of anilines is 1. The van der Waals surface area contributed by atoms with Crippen molar-refractivity contribution < 1.29 is 13.2 Å². The maximum atomic E-state index is 11.1. The topological polar surface area (TPSA) is 109 Å². The predicted molar refractivity (Wildman–Crippen MR) is 134 cm³/mol. The number of aromatic nitrogens is 5. The van der Waals surface area contributed by atoms with Crippen LogP contribution in [0.4, 0.5) is 5.82 Å². The average molecular weight is 494 g/mol. The molecule has 0 unspecified atom stereocenters. The number of nitrogens with one attached hydrogen (secondary N) is 1. The van der Waals surface area contributed by atoms with Crippen molar-refractivity contribution in [2.24, 2.45) is 0 Å². The monoisotopic (exact) mass is 493 g/mol. The first-order chi connectivity index (χ1) is 17.1. The van der Waals surface area contributed by atoms with E-state index in [4.69, 9.17) is 14.7 Å². The third kappa shape index (κ3) is 4.09. The Bertz CT molecular complexity index is 1520. The maximum Gasteiger partial charge on any atom is 0.225 e. The Morgan fingerprint density at radius 1 is 1.11 bits per heavy atom. The molecule has 0 bridgehead atoms. The van der Waals surface area contributed by atoms with E-state index >= 15 is 0 Å². The highest BCUT2D eigenvalue weighted by atomic mass is 32.2. The molecule has 182 valence electrons. The number of rotatable bonds is 4. The summed E-state index contributed by atoms with van der Waals surface area (Å²) >= 11 is 0. The van der Waals surface area contributed by atoms with Gasteiger partial charge in [-0.3, -0.25) is 14.4 Å². The molecule has 2 saturated heterocycles.